The van der Waals surface area contributed by atoms with Crippen molar-refractivity contribution in [2.75, 3.05) is 32.9 Å². The van der Waals surface area contributed by atoms with Crippen molar-refractivity contribution in [1.82, 2.24) is 4.90 Å². The fourth-order valence-electron chi connectivity index (χ4n) is 2.56. The van der Waals surface area contributed by atoms with E-state index in [1.54, 1.807) is 0 Å². The summed E-state index contributed by atoms with van der Waals surface area (Å²) in [6, 6.07) is 5.56. The van der Waals surface area contributed by atoms with Gasteiger partial charge in [0.2, 0.25) is 5.91 Å². The minimum absolute atomic E-state index is 0.107. The summed E-state index contributed by atoms with van der Waals surface area (Å²) in [5.74, 6) is 0.897. The largest absolute Gasteiger partial charge is 0.492 e. The van der Waals surface area contributed by atoms with Crippen molar-refractivity contribution in [3.05, 3.63) is 28.8 Å². The lowest BCUT2D eigenvalue weighted by atomic mass is 9.95. The molecule has 0 N–H and O–H groups in total. The molecule has 2 heterocycles. The molecule has 0 aliphatic carbocycles. The number of carbonyl (C=O) groups excluding carboxylic acids is 1. The molecule has 4 nitrogen and oxygen atoms in total. The summed E-state index contributed by atoms with van der Waals surface area (Å²) in [6.45, 7) is 3.06. The molecule has 19 heavy (non-hydrogen) atoms. The van der Waals surface area contributed by atoms with E-state index in [0.717, 1.165) is 11.3 Å². The fraction of sp³-hybridized carbons (Fsp3) is 0.500. The lowest BCUT2D eigenvalue weighted by Crippen LogP contribution is -2.46. The first kappa shape index (κ1) is 12.8. The van der Waals surface area contributed by atoms with Crippen LogP contribution in [0.1, 0.15) is 5.56 Å². The average Bonchev–Trinajstić information content (AvgIpc) is 2.46. The van der Waals surface area contributed by atoms with Gasteiger partial charge >= 0.3 is 0 Å². The molecule has 5 heteroatoms. The van der Waals surface area contributed by atoms with E-state index in [-0.39, 0.29) is 11.8 Å². The molecule has 1 amide bonds. The average molecular weight is 282 g/mol. The normalized spacial score (nSPS) is 22.6. The van der Waals surface area contributed by atoms with Gasteiger partial charge in [-0.25, -0.2) is 0 Å². The Morgan fingerprint density at radius 1 is 1.32 bits per heavy atom. The molecular weight excluding hydrogens is 266 g/mol. The number of ether oxygens (including phenoxy) is 2. The number of nitrogens with zero attached hydrogens (tertiary/aromatic N) is 1. The van der Waals surface area contributed by atoms with Crippen molar-refractivity contribution < 1.29 is 14.3 Å². The van der Waals surface area contributed by atoms with Gasteiger partial charge in [-0.1, -0.05) is 11.6 Å². The standard InChI is InChI=1S/C14H16ClNO3/c15-12-1-2-13-10(8-12)7-11(9-19-13)14(17)16-3-5-18-6-4-16/h1-2,8,11H,3-7,9H2. The molecule has 1 atom stereocenters. The Morgan fingerprint density at radius 3 is 2.89 bits per heavy atom. The van der Waals surface area contributed by atoms with Crippen molar-refractivity contribution in [3.8, 4) is 5.75 Å². The lowest BCUT2D eigenvalue weighted by molar-refractivity contribution is -0.141. The van der Waals surface area contributed by atoms with E-state index in [9.17, 15) is 4.79 Å². The monoisotopic (exact) mass is 281 g/mol. The van der Waals surface area contributed by atoms with E-state index in [4.69, 9.17) is 21.1 Å². The molecule has 2 aliphatic rings. The number of amides is 1. The molecule has 1 fully saturated rings. The van der Waals surface area contributed by atoms with Crippen LogP contribution in [0.15, 0.2) is 18.2 Å². The van der Waals surface area contributed by atoms with Crippen molar-refractivity contribution in [3.63, 3.8) is 0 Å². The van der Waals surface area contributed by atoms with Crippen molar-refractivity contribution in [2.45, 2.75) is 6.42 Å². The van der Waals surface area contributed by atoms with Crippen LogP contribution in [0.5, 0.6) is 5.75 Å². The summed E-state index contributed by atoms with van der Waals surface area (Å²) in [5, 5.41) is 0.682. The van der Waals surface area contributed by atoms with Gasteiger partial charge in [0.05, 0.1) is 19.1 Å². The summed E-state index contributed by atoms with van der Waals surface area (Å²) in [6.07, 6.45) is 0.700. The Hall–Kier alpha value is -1.26. The zero-order chi connectivity index (χ0) is 13.2. The van der Waals surface area contributed by atoms with Crippen molar-refractivity contribution in [1.29, 1.82) is 0 Å². The second-order valence-electron chi connectivity index (χ2n) is 4.90. The molecular formula is C14H16ClNO3. The summed E-state index contributed by atoms with van der Waals surface area (Å²) >= 11 is 5.99. The van der Waals surface area contributed by atoms with Gasteiger partial charge in [-0.05, 0) is 30.2 Å². The maximum absolute atomic E-state index is 12.4. The highest BCUT2D eigenvalue weighted by molar-refractivity contribution is 6.30. The summed E-state index contributed by atoms with van der Waals surface area (Å²) in [5.41, 5.74) is 1.02. The third kappa shape index (κ3) is 2.69. The molecule has 0 radical (unpaired) electrons. The molecule has 0 spiro atoms. The molecule has 1 aromatic rings. The minimum atomic E-state index is -0.107. The van der Waals surface area contributed by atoms with E-state index in [0.29, 0.717) is 44.4 Å². The summed E-state index contributed by atoms with van der Waals surface area (Å²) < 4.78 is 10.9. The van der Waals surface area contributed by atoms with Gasteiger partial charge in [-0.3, -0.25) is 4.79 Å². The lowest BCUT2D eigenvalue weighted by Gasteiger charge is -2.32. The van der Waals surface area contributed by atoms with Gasteiger partial charge in [0.25, 0.3) is 0 Å². The molecule has 0 saturated carbocycles. The Morgan fingerprint density at radius 2 is 2.11 bits per heavy atom. The third-order valence-corrected chi connectivity index (χ3v) is 3.84. The van der Waals surface area contributed by atoms with Gasteiger partial charge in [-0.2, -0.15) is 0 Å². The third-order valence-electron chi connectivity index (χ3n) is 3.60. The first-order valence-electron chi connectivity index (χ1n) is 6.52. The highest BCUT2D eigenvalue weighted by atomic mass is 35.5. The smallest absolute Gasteiger partial charge is 0.229 e. The second-order valence-corrected chi connectivity index (χ2v) is 5.34. The Balaban J connectivity index is 1.72. The SMILES string of the molecule is O=C(C1COc2ccc(Cl)cc2C1)N1CCOCC1. The maximum Gasteiger partial charge on any atom is 0.229 e. The first-order valence-corrected chi connectivity index (χ1v) is 6.89. The summed E-state index contributed by atoms with van der Waals surface area (Å²) in [4.78, 5) is 14.3. The van der Waals surface area contributed by atoms with E-state index >= 15 is 0 Å². The molecule has 1 saturated heterocycles. The number of benzene rings is 1. The predicted octanol–water partition coefficient (Wildman–Crippen LogP) is 1.75. The number of hydrogen-bond acceptors (Lipinski definition) is 3. The topological polar surface area (TPSA) is 38.8 Å². The van der Waals surface area contributed by atoms with Crippen LogP contribution < -0.4 is 4.74 Å². The molecule has 0 aromatic heterocycles. The van der Waals surface area contributed by atoms with Crippen LogP contribution in [-0.4, -0.2) is 43.7 Å². The van der Waals surface area contributed by atoms with Crippen LogP contribution in [-0.2, 0) is 16.0 Å². The zero-order valence-corrected chi connectivity index (χ0v) is 11.4. The van der Waals surface area contributed by atoms with Crippen molar-refractivity contribution >= 4 is 17.5 Å². The van der Waals surface area contributed by atoms with E-state index < -0.39 is 0 Å². The minimum Gasteiger partial charge on any atom is -0.492 e. The number of morpholine rings is 1. The fourth-order valence-corrected chi connectivity index (χ4v) is 2.76. The van der Waals surface area contributed by atoms with E-state index in [1.807, 2.05) is 23.1 Å². The molecule has 0 bridgehead atoms. The highest BCUT2D eigenvalue weighted by Crippen LogP contribution is 2.30. The van der Waals surface area contributed by atoms with Crippen LogP contribution in [0, 0.1) is 5.92 Å². The Kier molecular flexibility index (Phi) is 3.62. The van der Waals surface area contributed by atoms with Gasteiger partial charge in [0.1, 0.15) is 12.4 Å². The van der Waals surface area contributed by atoms with Crippen LogP contribution in [0.3, 0.4) is 0 Å². The number of carbonyl (C=O) groups is 1. The second kappa shape index (κ2) is 5.39. The molecule has 102 valence electrons. The van der Waals surface area contributed by atoms with Gasteiger partial charge in [-0.15, -0.1) is 0 Å². The maximum atomic E-state index is 12.4. The number of fused-ring (bicyclic) bond motifs is 1. The number of halogens is 1. The Bertz CT molecular complexity index is 486. The van der Waals surface area contributed by atoms with Crippen LogP contribution in [0.2, 0.25) is 5.02 Å². The van der Waals surface area contributed by atoms with E-state index in [2.05, 4.69) is 0 Å². The highest BCUT2D eigenvalue weighted by Gasteiger charge is 2.30. The van der Waals surface area contributed by atoms with Crippen LogP contribution in [0.25, 0.3) is 0 Å². The van der Waals surface area contributed by atoms with Crippen LogP contribution in [0.4, 0.5) is 0 Å². The van der Waals surface area contributed by atoms with E-state index in [1.165, 1.54) is 0 Å². The van der Waals surface area contributed by atoms with Crippen LogP contribution >= 0.6 is 11.6 Å². The number of hydrogen-bond donors (Lipinski definition) is 0. The number of rotatable bonds is 1. The molecule has 2 aliphatic heterocycles. The summed E-state index contributed by atoms with van der Waals surface area (Å²) in [7, 11) is 0. The van der Waals surface area contributed by atoms with Crippen molar-refractivity contribution in [2.24, 2.45) is 5.92 Å². The molecule has 3 rings (SSSR count). The van der Waals surface area contributed by atoms with Gasteiger partial charge in [0, 0.05) is 18.1 Å². The Labute approximate surface area is 117 Å². The molecule has 1 unspecified atom stereocenters. The quantitative estimate of drug-likeness (QED) is 0.787. The zero-order valence-electron chi connectivity index (χ0n) is 10.6. The first-order chi connectivity index (χ1) is 9.24. The van der Waals surface area contributed by atoms with Gasteiger partial charge in [0.15, 0.2) is 0 Å². The molecule has 1 aromatic carbocycles. The predicted molar refractivity (Wildman–Crippen MR) is 71.5 cm³/mol. The van der Waals surface area contributed by atoms with Gasteiger partial charge < -0.3 is 14.4 Å².